The van der Waals surface area contributed by atoms with Crippen LogP contribution in [0.1, 0.15) is 53.7 Å². The number of anilines is 1. The van der Waals surface area contributed by atoms with E-state index in [-0.39, 0.29) is 0 Å². The Morgan fingerprint density at radius 2 is 2.00 bits per heavy atom. The Kier molecular flexibility index (Phi) is 4.28. The molecule has 0 spiro atoms. The van der Waals surface area contributed by atoms with Crippen LogP contribution < -0.4 is 4.90 Å². The molecule has 162 valence electrons. The Labute approximate surface area is 190 Å². The number of hydrogen-bond donors (Lipinski definition) is 0. The molecule has 8 heteroatoms. The van der Waals surface area contributed by atoms with Crippen molar-refractivity contribution in [3.63, 3.8) is 0 Å². The number of piperidine rings is 1. The third kappa shape index (κ3) is 2.88. The van der Waals surface area contributed by atoms with Gasteiger partial charge in [0.25, 0.3) is 0 Å². The first-order valence-corrected chi connectivity index (χ1v) is 12.6. The zero-order valence-electron chi connectivity index (χ0n) is 18.0. The summed E-state index contributed by atoms with van der Waals surface area (Å²) >= 11 is 1.86. The van der Waals surface area contributed by atoms with Crippen molar-refractivity contribution >= 4 is 27.4 Å². The molecule has 0 aromatic carbocycles. The first-order valence-electron chi connectivity index (χ1n) is 11.7. The largest absolute Gasteiger partial charge is 0.355 e. The van der Waals surface area contributed by atoms with Crippen molar-refractivity contribution in [1.29, 1.82) is 0 Å². The summed E-state index contributed by atoms with van der Waals surface area (Å²) in [5, 5.41) is 10.4. The van der Waals surface area contributed by atoms with Gasteiger partial charge in [-0.15, -0.1) is 21.5 Å². The average Bonchev–Trinajstić information content (AvgIpc) is 3.60. The summed E-state index contributed by atoms with van der Waals surface area (Å²) < 4.78 is 2.37. The van der Waals surface area contributed by atoms with E-state index in [1.165, 1.54) is 47.3 Å². The van der Waals surface area contributed by atoms with E-state index in [1.54, 1.807) is 6.20 Å². The van der Waals surface area contributed by atoms with E-state index in [0.29, 0.717) is 5.92 Å². The third-order valence-electron chi connectivity index (χ3n) is 7.19. The summed E-state index contributed by atoms with van der Waals surface area (Å²) in [7, 11) is 0. The number of thiophene rings is 1. The lowest BCUT2D eigenvalue weighted by Gasteiger charge is -2.33. The minimum atomic E-state index is 0.404. The van der Waals surface area contributed by atoms with Crippen LogP contribution in [0.25, 0.3) is 21.6 Å². The lowest BCUT2D eigenvalue weighted by Crippen LogP contribution is -2.36. The predicted molar refractivity (Wildman–Crippen MR) is 125 cm³/mol. The van der Waals surface area contributed by atoms with Crippen LogP contribution in [0.4, 0.5) is 5.82 Å². The first-order chi connectivity index (χ1) is 15.8. The molecule has 3 aliphatic rings. The number of fused-ring (bicyclic) bond motifs is 4. The Morgan fingerprint density at radius 1 is 1.00 bits per heavy atom. The molecule has 0 N–H and O–H groups in total. The van der Waals surface area contributed by atoms with Crippen LogP contribution in [0, 0.1) is 0 Å². The van der Waals surface area contributed by atoms with Crippen LogP contribution in [-0.2, 0) is 25.8 Å². The molecular formula is C24H25N7S. The SMILES string of the molecule is c1cncc(-c2nc(N3CCCC(c4nnc5n4CCC5)C3)c3c4c(sc3n2)CCC4)c1. The van der Waals surface area contributed by atoms with Crippen molar-refractivity contribution in [1.82, 2.24) is 29.7 Å². The monoisotopic (exact) mass is 443 g/mol. The highest BCUT2D eigenvalue weighted by molar-refractivity contribution is 7.19. The van der Waals surface area contributed by atoms with Crippen molar-refractivity contribution in [2.45, 2.75) is 57.4 Å². The molecule has 4 aromatic rings. The molecule has 1 fully saturated rings. The van der Waals surface area contributed by atoms with Gasteiger partial charge < -0.3 is 9.47 Å². The maximum atomic E-state index is 5.17. The second-order valence-corrected chi connectivity index (χ2v) is 10.2. The first kappa shape index (κ1) is 18.7. The van der Waals surface area contributed by atoms with Gasteiger partial charge in [0.1, 0.15) is 22.3 Å². The molecule has 0 amide bonds. The van der Waals surface area contributed by atoms with Crippen molar-refractivity contribution in [3.05, 3.63) is 46.6 Å². The van der Waals surface area contributed by atoms with Crippen LogP contribution in [0.5, 0.6) is 0 Å². The topological polar surface area (TPSA) is 72.6 Å². The molecule has 6 heterocycles. The Balaban J connectivity index is 1.33. The smallest absolute Gasteiger partial charge is 0.164 e. The second kappa shape index (κ2) is 7.33. The summed E-state index contributed by atoms with van der Waals surface area (Å²) in [5.41, 5.74) is 2.47. The van der Waals surface area contributed by atoms with E-state index < -0.39 is 0 Å². The highest BCUT2D eigenvalue weighted by Gasteiger charge is 2.31. The van der Waals surface area contributed by atoms with E-state index in [9.17, 15) is 0 Å². The summed E-state index contributed by atoms with van der Waals surface area (Å²) in [6.45, 7) is 3.04. The molecule has 0 saturated carbocycles. The van der Waals surface area contributed by atoms with Gasteiger partial charge in [-0.05, 0) is 56.2 Å². The molecule has 1 aliphatic carbocycles. The van der Waals surface area contributed by atoms with Crippen molar-refractivity contribution in [3.8, 4) is 11.4 Å². The van der Waals surface area contributed by atoms with Gasteiger partial charge in [-0.25, -0.2) is 9.97 Å². The number of pyridine rings is 1. The molecule has 7 rings (SSSR count). The fourth-order valence-corrected chi connectivity index (χ4v) is 6.94. The summed E-state index contributed by atoms with van der Waals surface area (Å²) in [6, 6.07) is 4.01. The Hall–Kier alpha value is -2.87. The predicted octanol–water partition coefficient (Wildman–Crippen LogP) is 4.16. The number of rotatable bonds is 3. The minimum Gasteiger partial charge on any atom is -0.355 e. The molecular weight excluding hydrogens is 418 g/mol. The lowest BCUT2D eigenvalue weighted by molar-refractivity contribution is 0.471. The van der Waals surface area contributed by atoms with Crippen LogP contribution in [-0.4, -0.2) is 42.8 Å². The fraction of sp³-hybridized carbons (Fsp3) is 0.458. The maximum Gasteiger partial charge on any atom is 0.164 e. The van der Waals surface area contributed by atoms with E-state index in [0.717, 1.165) is 66.8 Å². The summed E-state index contributed by atoms with van der Waals surface area (Å²) in [4.78, 5) is 19.6. The highest BCUT2D eigenvalue weighted by atomic mass is 32.1. The van der Waals surface area contributed by atoms with Crippen LogP contribution in [0.2, 0.25) is 0 Å². The van der Waals surface area contributed by atoms with Gasteiger partial charge in [0.2, 0.25) is 0 Å². The average molecular weight is 444 g/mol. The fourth-order valence-electron chi connectivity index (χ4n) is 5.68. The van der Waals surface area contributed by atoms with E-state index in [4.69, 9.17) is 9.97 Å². The van der Waals surface area contributed by atoms with E-state index >= 15 is 0 Å². The zero-order chi connectivity index (χ0) is 21.1. The number of aromatic nitrogens is 6. The number of aryl methyl sites for hydroxylation is 3. The molecule has 2 aliphatic heterocycles. The Morgan fingerprint density at radius 3 is 2.94 bits per heavy atom. The van der Waals surface area contributed by atoms with Gasteiger partial charge in [-0.1, -0.05) is 0 Å². The summed E-state index contributed by atoms with van der Waals surface area (Å²) in [6.07, 6.45) is 11.8. The Bertz CT molecular complexity index is 1310. The molecule has 1 unspecified atom stereocenters. The number of hydrogen-bond acceptors (Lipinski definition) is 7. The van der Waals surface area contributed by atoms with E-state index in [1.807, 2.05) is 23.6 Å². The van der Waals surface area contributed by atoms with Gasteiger partial charge in [0.05, 0.1) is 5.39 Å². The molecule has 32 heavy (non-hydrogen) atoms. The van der Waals surface area contributed by atoms with Crippen LogP contribution in [0.3, 0.4) is 0 Å². The second-order valence-electron chi connectivity index (χ2n) is 9.16. The van der Waals surface area contributed by atoms with Crippen molar-refractivity contribution in [2.75, 3.05) is 18.0 Å². The number of nitrogens with zero attached hydrogens (tertiary/aromatic N) is 7. The van der Waals surface area contributed by atoms with Gasteiger partial charge >= 0.3 is 0 Å². The molecule has 1 atom stereocenters. The van der Waals surface area contributed by atoms with Crippen LogP contribution >= 0.6 is 11.3 Å². The molecule has 0 bridgehead atoms. The highest BCUT2D eigenvalue weighted by Crippen LogP contribution is 2.43. The zero-order valence-corrected chi connectivity index (χ0v) is 18.8. The van der Waals surface area contributed by atoms with Gasteiger partial charge in [0.15, 0.2) is 5.82 Å². The van der Waals surface area contributed by atoms with Gasteiger partial charge in [-0.3, -0.25) is 4.98 Å². The standard InChI is InChI=1S/C24H25N7S/c1-7-17-18(8-1)32-24-20(17)23(26-21(27-24)15-5-2-10-25-13-15)30-11-3-6-16(14-30)22-29-28-19-9-4-12-31(19)22/h2,5,10,13,16H,1,3-4,6-9,11-12,14H2. The molecule has 0 radical (unpaired) electrons. The normalized spacial score (nSPS) is 20.1. The molecule has 4 aromatic heterocycles. The minimum absolute atomic E-state index is 0.404. The van der Waals surface area contributed by atoms with Gasteiger partial charge in [-0.2, -0.15) is 0 Å². The van der Waals surface area contributed by atoms with Crippen molar-refractivity contribution in [2.24, 2.45) is 0 Å². The van der Waals surface area contributed by atoms with Crippen molar-refractivity contribution < 1.29 is 0 Å². The van der Waals surface area contributed by atoms with E-state index in [2.05, 4.69) is 30.7 Å². The molecule has 7 nitrogen and oxygen atoms in total. The molecule has 1 saturated heterocycles. The maximum absolute atomic E-state index is 5.17. The lowest BCUT2D eigenvalue weighted by atomic mass is 9.96. The van der Waals surface area contributed by atoms with Gasteiger partial charge in [0, 0.05) is 54.8 Å². The summed E-state index contributed by atoms with van der Waals surface area (Å²) in [5.74, 6) is 4.64. The third-order valence-corrected chi connectivity index (χ3v) is 8.38. The van der Waals surface area contributed by atoms with Crippen LogP contribution in [0.15, 0.2) is 24.5 Å². The quantitative estimate of drug-likeness (QED) is 0.473.